The zero-order valence-electron chi connectivity index (χ0n) is 11.4. The Hall–Kier alpha value is -1.81. The minimum atomic E-state index is -0.428. The van der Waals surface area contributed by atoms with Gasteiger partial charge >= 0.3 is 6.09 Å². The Morgan fingerprint density at radius 1 is 1.53 bits per heavy atom. The van der Waals surface area contributed by atoms with Crippen molar-refractivity contribution in [2.24, 2.45) is 11.7 Å². The molecule has 0 heterocycles. The van der Waals surface area contributed by atoms with Crippen molar-refractivity contribution in [3.63, 3.8) is 0 Å². The minimum absolute atomic E-state index is 0.206. The number of aryl methyl sites for hydroxylation is 1. The molecule has 4 nitrogen and oxygen atoms in total. The molecular formula is C15H22N2O2. The molecule has 1 amide bonds. The van der Waals surface area contributed by atoms with Crippen LogP contribution in [0, 0.1) is 12.8 Å². The summed E-state index contributed by atoms with van der Waals surface area (Å²) in [6, 6.07) is 8.20. The van der Waals surface area contributed by atoms with Gasteiger partial charge in [-0.3, -0.25) is 0 Å². The van der Waals surface area contributed by atoms with E-state index in [-0.39, 0.29) is 12.5 Å². The molecule has 19 heavy (non-hydrogen) atoms. The van der Waals surface area contributed by atoms with Crippen LogP contribution in [0.25, 0.3) is 0 Å². The lowest BCUT2D eigenvalue weighted by Crippen LogP contribution is -2.34. The van der Waals surface area contributed by atoms with Gasteiger partial charge in [-0.05, 0) is 36.9 Å². The van der Waals surface area contributed by atoms with Crippen molar-refractivity contribution < 1.29 is 9.53 Å². The van der Waals surface area contributed by atoms with Crippen molar-refractivity contribution in [2.45, 2.75) is 13.3 Å². The van der Waals surface area contributed by atoms with E-state index in [1.807, 2.05) is 12.1 Å². The first-order valence-corrected chi connectivity index (χ1v) is 6.43. The summed E-state index contributed by atoms with van der Waals surface area (Å²) in [6.45, 7) is 6.82. The predicted molar refractivity (Wildman–Crippen MR) is 77.0 cm³/mol. The lowest BCUT2D eigenvalue weighted by atomic mass is 9.96. The molecule has 0 aliphatic rings. The van der Waals surface area contributed by atoms with Crippen molar-refractivity contribution in [3.05, 3.63) is 48.0 Å². The molecule has 0 saturated heterocycles. The van der Waals surface area contributed by atoms with Gasteiger partial charge in [0.1, 0.15) is 6.61 Å². The third-order valence-electron chi connectivity index (χ3n) is 2.97. The fourth-order valence-corrected chi connectivity index (χ4v) is 1.80. The maximum absolute atomic E-state index is 11.3. The lowest BCUT2D eigenvalue weighted by Gasteiger charge is -2.16. The standard InChI is InChI=1S/C15H22N2O2/c1-3-8-19-15(18)17-11-13(10-16)9-14-7-5-4-6-12(14)2/h3-7,13H,1,8-11,16H2,2H3,(H,17,18)/t13-/m1/s1. The first-order valence-electron chi connectivity index (χ1n) is 6.43. The Bertz CT molecular complexity index is 418. The van der Waals surface area contributed by atoms with Crippen LogP contribution in [-0.4, -0.2) is 25.8 Å². The summed E-state index contributed by atoms with van der Waals surface area (Å²) < 4.78 is 4.85. The lowest BCUT2D eigenvalue weighted by molar-refractivity contribution is 0.156. The zero-order chi connectivity index (χ0) is 14.1. The van der Waals surface area contributed by atoms with Gasteiger partial charge in [0, 0.05) is 6.54 Å². The zero-order valence-corrected chi connectivity index (χ0v) is 11.4. The fraction of sp³-hybridized carbons (Fsp3) is 0.400. The van der Waals surface area contributed by atoms with Crippen LogP contribution in [0.3, 0.4) is 0 Å². The summed E-state index contributed by atoms with van der Waals surface area (Å²) in [5.74, 6) is 0.206. The van der Waals surface area contributed by atoms with Crippen LogP contribution in [0.1, 0.15) is 11.1 Å². The van der Waals surface area contributed by atoms with Crippen LogP contribution in [0.2, 0.25) is 0 Å². The van der Waals surface area contributed by atoms with E-state index in [0.717, 1.165) is 6.42 Å². The number of nitrogens with two attached hydrogens (primary N) is 1. The van der Waals surface area contributed by atoms with E-state index in [4.69, 9.17) is 10.5 Å². The molecule has 4 heteroatoms. The molecule has 0 aromatic heterocycles. The number of hydrogen-bond donors (Lipinski definition) is 2. The van der Waals surface area contributed by atoms with Crippen LogP contribution < -0.4 is 11.1 Å². The molecule has 1 aromatic rings. The number of ether oxygens (including phenoxy) is 1. The average molecular weight is 262 g/mol. The minimum Gasteiger partial charge on any atom is -0.445 e. The van der Waals surface area contributed by atoms with Gasteiger partial charge in [0.05, 0.1) is 0 Å². The SMILES string of the molecule is C=CCOC(=O)NC[C@@H](CN)Cc1ccccc1C. The van der Waals surface area contributed by atoms with Crippen LogP contribution in [0.5, 0.6) is 0 Å². The number of amides is 1. The van der Waals surface area contributed by atoms with E-state index in [0.29, 0.717) is 13.1 Å². The number of alkyl carbamates (subject to hydrolysis) is 1. The van der Waals surface area contributed by atoms with Crippen LogP contribution in [0.4, 0.5) is 4.79 Å². The first kappa shape index (κ1) is 15.2. The van der Waals surface area contributed by atoms with Gasteiger partial charge in [-0.15, -0.1) is 0 Å². The van der Waals surface area contributed by atoms with E-state index < -0.39 is 6.09 Å². The van der Waals surface area contributed by atoms with Gasteiger partial charge in [-0.25, -0.2) is 4.79 Å². The normalized spacial score (nSPS) is 11.7. The van der Waals surface area contributed by atoms with Gasteiger partial charge in [0.15, 0.2) is 0 Å². The molecule has 0 saturated carbocycles. The average Bonchev–Trinajstić information content (AvgIpc) is 2.43. The van der Waals surface area contributed by atoms with Crippen LogP contribution >= 0.6 is 0 Å². The van der Waals surface area contributed by atoms with Gasteiger partial charge in [0.25, 0.3) is 0 Å². The molecule has 104 valence electrons. The van der Waals surface area contributed by atoms with E-state index >= 15 is 0 Å². The van der Waals surface area contributed by atoms with E-state index in [1.165, 1.54) is 17.2 Å². The second-order valence-corrected chi connectivity index (χ2v) is 4.50. The van der Waals surface area contributed by atoms with Crippen molar-refractivity contribution >= 4 is 6.09 Å². The van der Waals surface area contributed by atoms with Gasteiger partial charge < -0.3 is 15.8 Å². The maximum Gasteiger partial charge on any atom is 0.407 e. The first-order chi connectivity index (χ1) is 9.17. The molecule has 1 rings (SSSR count). The van der Waals surface area contributed by atoms with Crippen molar-refractivity contribution in [1.29, 1.82) is 0 Å². The summed E-state index contributed by atoms with van der Waals surface area (Å²) in [6.07, 6.45) is 1.96. The number of hydrogen-bond acceptors (Lipinski definition) is 3. The van der Waals surface area contributed by atoms with Crippen LogP contribution in [-0.2, 0) is 11.2 Å². The predicted octanol–water partition coefficient (Wildman–Crippen LogP) is 2.02. The second kappa shape index (κ2) is 8.32. The molecule has 0 fully saturated rings. The topological polar surface area (TPSA) is 64.3 Å². The van der Waals surface area contributed by atoms with Crippen molar-refractivity contribution in [2.75, 3.05) is 19.7 Å². The maximum atomic E-state index is 11.3. The molecule has 0 aliphatic carbocycles. The number of rotatable bonds is 7. The Balaban J connectivity index is 2.44. The Labute approximate surface area is 114 Å². The number of carbonyl (C=O) groups is 1. The van der Waals surface area contributed by atoms with Gasteiger partial charge in [0.2, 0.25) is 0 Å². The second-order valence-electron chi connectivity index (χ2n) is 4.50. The molecular weight excluding hydrogens is 240 g/mol. The smallest absolute Gasteiger partial charge is 0.407 e. The Morgan fingerprint density at radius 3 is 2.89 bits per heavy atom. The van der Waals surface area contributed by atoms with Crippen molar-refractivity contribution in [1.82, 2.24) is 5.32 Å². The summed E-state index contributed by atoms with van der Waals surface area (Å²) in [5.41, 5.74) is 8.26. The molecule has 1 aromatic carbocycles. The van der Waals surface area contributed by atoms with E-state index in [2.05, 4.69) is 31.0 Å². The third kappa shape index (κ3) is 5.57. The summed E-state index contributed by atoms with van der Waals surface area (Å²) in [5, 5.41) is 2.72. The highest BCUT2D eigenvalue weighted by Crippen LogP contribution is 2.12. The van der Waals surface area contributed by atoms with Crippen LogP contribution in [0.15, 0.2) is 36.9 Å². The third-order valence-corrected chi connectivity index (χ3v) is 2.97. The quantitative estimate of drug-likeness (QED) is 0.739. The number of carbonyl (C=O) groups excluding carboxylic acids is 1. The molecule has 0 bridgehead atoms. The molecule has 0 spiro atoms. The molecule has 0 aliphatic heterocycles. The summed E-state index contributed by atoms with van der Waals surface area (Å²) in [4.78, 5) is 11.3. The van der Waals surface area contributed by atoms with Crippen molar-refractivity contribution in [3.8, 4) is 0 Å². The highest BCUT2D eigenvalue weighted by molar-refractivity contribution is 5.67. The van der Waals surface area contributed by atoms with E-state index in [9.17, 15) is 4.79 Å². The van der Waals surface area contributed by atoms with E-state index in [1.54, 1.807) is 0 Å². The highest BCUT2D eigenvalue weighted by Gasteiger charge is 2.11. The largest absolute Gasteiger partial charge is 0.445 e. The molecule has 0 radical (unpaired) electrons. The fourth-order valence-electron chi connectivity index (χ4n) is 1.80. The Morgan fingerprint density at radius 2 is 2.26 bits per heavy atom. The summed E-state index contributed by atoms with van der Waals surface area (Å²) >= 11 is 0. The molecule has 3 N–H and O–H groups in total. The Kier molecular flexibility index (Phi) is 6.68. The molecule has 0 unspecified atom stereocenters. The number of benzene rings is 1. The summed E-state index contributed by atoms with van der Waals surface area (Å²) in [7, 11) is 0. The van der Waals surface area contributed by atoms with Gasteiger partial charge in [-0.1, -0.05) is 36.9 Å². The molecule has 1 atom stereocenters. The monoisotopic (exact) mass is 262 g/mol. The number of nitrogens with one attached hydrogen (secondary N) is 1. The highest BCUT2D eigenvalue weighted by atomic mass is 16.5. The van der Waals surface area contributed by atoms with Gasteiger partial charge in [-0.2, -0.15) is 0 Å².